The number of nitrogens with zero attached hydrogens (tertiary/aromatic N) is 4. The molecular weight excluding hydrogens is 490 g/mol. The Hall–Kier alpha value is -4.31. The van der Waals surface area contributed by atoms with Crippen molar-refractivity contribution in [1.82, 2.24) is 14.8 Å². The molecule has 1 saturated heterocycles. The largest absolute Gasteiger partial charge is 0.335 e. The van der Waals surface area contributed by atoms with Gasteiger partial charge in [0.05, 0.1) is 5.69 Å². The highest BCUT2D eigenvalue weighted by molar-refractivity contribution is 7.92. The van der Waals surface area contributed by atoms with E-state index in [1.54, 1.807) is 82.9 Å². The number of pyridine rings is 1. The minimum Gasteiger partial charge on any atom is -0.335 e. The summed E-state index contributed by atoms with van der Waals surface area (Å²) in [5, 5.41) is 0. The van der Waals surface area contributed by atoms with Crippen molar-refractivity contribution in [3.63, 3.8) is 0 Å². The molecule has 0 spiro atoms. The van der Waals surface area contributed by atoms with Crippen molar-refractivity contribution in [2.75, 3.05) is 30.9 Å². The smallest absolute Gasteiger partial charge is 0.264 e. The molecule has 9 nitrogen and oxygen atoms in total. The van der Waals surface area contributed by atoms with Crippen LogP contribution in [-0.4, -0.2) is 67.9 Å². The highest BCUT2D eigenvalue weighted by Gasteiger charge is 2.26. The van der Waals surface area contributed by atoms with Crippen LogP contribution in [0, 0.1) is 0 Å². The third-order valence-corrected chi connectivity index (χ3v) is 7.40. The summed E-state index contributed by atoms with van der Waals surface area (Å²) in [6, 6.07) is 14.5. The van der Waals surface area contributed by atoms with Gasteiger partial charge in [0.15, 0.2) is 0 Å². The molecule has 0 saturated carbocycles. The van der Waals surface area contributed by atoms with Crippen molar-refractivity contribution < 1.29 is 18.0 Å². The lowest BCUT2D eigenvalue weighted by Gasteiger charge is -2.34. The lowest BCUT2D eigenvalue weighted by atomic mass is 10.1. The van der Waals surface area contributed by atoms with E-state index in [1.807, 2.05) is 6.92 Å². The second kappa shape index (κ2) is 11.2. The molecular formula is C27H27N5O4S. The number of aliphatic imine (C=N–C) groups is 1. The minimum atomic E-state index is -3.94. The van der Waals surface area contributed by atoms with Crippen LogP contribution in [0.2, 0.25) is 0 Å². The summed E-state index contributed by atoms with van der Waals surface area (Å²) in [5.74, 6) is -0.264. The standard InChI is InChI=1S/C27H27N5O4S/c1-3-5-20-6-4-7-24(25(20)28-2)37(35,36)30-23-10-8-21(9-11-23)26(33)31-16-18-32(19-17-31)27(34)22-12-14-29-15-13-22/h3-15,30H,2,16-19H2,1H3/b5-3-. The normalized spacial score (nSPS) is 14.0. The fraction of sp³-hybridized carbons (Fsp3) is 0.185. The second-order valence-electron chi connectivity index (χ2n) is 8.36. The number of benzene rings is 2. The van der Waals surface area contributed by atoms with Gasteiger partial charge in [-0.25, -0.2) is 8.42 Å². The zero-order valence-corrected chi connectivity index (χ0v) is 21.2. The number of para-hydroxylation sites is 1. The summed E-state index contributed by atoms with van der Waals surface area (Å²) in [7, 11) is -3.94. The molecule has 0 aliphatic carbocycles. The summed E-state index contributed by atoms with van der Waals surface area (Å²) in [4.78, 5) is 36.9. The number of sulfonamides is 1. The number of hydrogen-bond acceptors (Lipinski definition) is 6. The molecule has 1 aliphatic heterocycles. The monoisotopic (exact) mass is 517 g/mol. The number of nitrogens with one attached hydrogen (secondary N) is 1. The number of piperazine rings is 1. The minimum absolute atomic E-state index is 0.0115. The highest BCUT2D eigenvalue weighted by atomic mass is 32.2. The molecule has 1 aromatic heterocycles. The van der Waals surface area contributed by atoms with Gasteiger partial charge in [-0.2, -0.15) is 0 Å². The molecule has 1 fully saturated rings. The summed E-state index contributed by atoms with van der Waals surface area (Å²) >= 11 is 0. The topological polar surface area (TPSA) is 112 Å². The maximum Gasteiger partial charge on any atom is 0.264 e. The van der Waals surface area contributed by atoms with Crippen LogP contribution >= 0.6 is 0 Å². The van der Waals surface area contributed by atoms with Crippen LogP contribution in [0.4, 0.5) is 11.4 Å². The molecule has 2 aromatic carbocycles. The molecule has 1 N–H and O–H groups in total. The number of aromatic nitrogens is 1. The van der Waals surface area contributed by atoms with Gasteiger partial charge in [-0.05, 0) is 56.1 Å². The maximum atomic E-state index is 13.1. The number of rotatable bonds is 7. The third kappa shape index (κ3) is 5.75. The van der Waals surface area contributed by atoms with Crippen LogP contribution in [-0.2, 0) is 10.0 Å². The Balaban J connectivity index is 1.41. The van der Waals surface area contributed by atoms with Crippen molar-refractivity contribution in [3.8, 4) is 0 Å². The van der Waals surface area contributed by atoms with Crippen LogP contribution in [0.5, 0.6) is 0 Å². The Kier molecular flexibility index (Phi) is 7.78. The molecule has 4 rings (SSSR count). The Bertz CT molecular complexity index is 1430. The van der Waals surface area contributed by atoms with Gasteiger partial charge >= 0.3 is 0 Å². The summed E-state index contributed by atoms with van der Waals surface area (Å²) in [6.07, 6.45) is 6.71. The molecule has 0 radical (unpaired) electrons. The summed E-state index contributed by atoms with van der Waals surface area (Å²) < 4.78 is 28.7. The van der Waals surface area contributed by atoms with Crippen molar-refractivity contribution in [2.45, 2.75) is 11.8 Å². The zero-order chi connectivity index (χ0) is 26.4. The Morgan fingerprint density at radius 3 is 2.03 bits per heavy atom. The van der Waals surface area contributed by atoms with E-state index in [2.05, 4.69) is 21.4 Å². The Morgan fingerprint density at radius 1 is 0.919 bits per heavy atom. The van der Waals surface area contributed by atoms with Crippen molar-refractivity contribution >= 4 is 46.0 Å². The summed E-state index contributed by atoms with van der Waals surface area (Å²) in [6.45, 7) is 7.02. The first-order valence-corrected chi connectivity index (χ1v) is 13.2. The molecule has 0 atom stereocenters. The van der Waals surface area contributed by atoms with Gasteiger partial charge in [0.2, 0.25) is 0 Å². The Labute approximate surface area is 216 Å². The molecule has 2 amide bonds. The van der Waals surface area contributed by atoms with Crippen molar-refractivity contribution in [3.05, 3.63) is 89.8 Å². The van der Waals surface area contributed by atoms with Gasteiger partial charge in [0, 0.05) is 61.0 Å². The van der Waals surface area contributed by atoms with E-state index in [1.165, 1.54) is 6.07 Å². The quantitative estimate of drug-likeness (QED) is 0.479. The van der Waals surface area contributed by atoms with Crippen LogP contribution in [0.25, 0.3) is 6.08 Å². The van der Waals surface area contributed by atoms with Gasteiger partial charge < -0.3 is 9.80 Å². The Morgan fingerprint density at radius 2 is 1.49 bits per heavy atom. The first-order valence-electron chi connectivity index (χ1n) is 11.7. The van der Waals surface area contributed by atoms with Gasteiger partial charge in [0.1, 0.15) is 4.90 Å². The fourth-order valence-electron chi connectivity index (χ4n) is 4.10. The average Bonchev–Trinajstić information content (AvgIpc) is 2.93. The number of carbonyl (C=O) groups is 2. The van der Waals surface area contributed by atoms with Crippen LogP contribution in [0.15, 0.2) is 83.0 Å². The van der Waals surface area contributed by atoms with E-state index in [0.717, 1.165) is 0 Å². The van der Waals surface area contributed by atoms with Gasteiger partial charge in [-0.1, -0.05) is 24.3 Å². The molecule has 10 heteroatoms. The predicted octanol–water partition coefficient (Wildman–Crippen LogP) is 3.85. The van der Waals surface area contributed by atoms with E-state index in [-0.39, 0.29) is 22.4 Å². The van der Waals surface area contributed by atoms with E-state index in [4.69, 9.17) is 0 Å². The highest BCUT2D eigenvalue weighted by Crippen LogP contribution is 2.30. The average molecular weight is 518 g/mol. The van der Waals surface area contributed by atoms with E-state index in [0.29, 0.717) is 48.6 Å². The third-order valence-electron chi connectivity index (χ3n) is 5.99. The van der Waals surface area contributed by atoms with Crippen LogP contribution < -0.4 is 4.72 Å². The fourth-order valence-corrected chi connectivity index (χ4v) is 5.35. The lowest BCUT2D eigenvalue weighted by Crippen LogP contribution is -2.50. The van der Waals surface area contributed by atoms with E-state index >= 15 is 0 Å². The van der Waals surface area contributed by atoms with Crippen LogP contribution in [0.3, 0.4) is 0 Å². The van der Waals surface area contributed by atoms with Gasteiger partial charge in [-0.3, -0.25) is 24.3 Å². The molecule has 0 unspecified atom stereocenters. The van der Waals surface area contributed by atoms with E-state index in [9.17, 15) is 18.0 Å². The number of carbonyl (C=O) groups excluding carboxylic acids is 2. The molecule has 2 heterocycles. The zero-order valence-electron chi connectivity index (χ0n) is 20.4. The first-order chi connectivity index (χ1) is 17.8. The number of allylic oxidation sites excluding steroid dienone is 1. The van der Waals surface area contributed by atoms with Crippen LogP contribution in [0.1, 0.15) is 33.2 Å². The maximum absolute atomic E-state index is 13.1. The number of hydrogen-bond donors (Lipinski definition) is 1. The van der Waals surface area contributed by atoms with Gasteiger partial charge in [0.25, 0.3) is 21.8 Å². The number of amides is 2. The van der Waals surface area contributed by atoms with E-state index < -0.39 is 10.0 Å². The van der Waals surface area contributed by atoms with Gasteiger partial charge in [-0.15, -0.1) is 0 Å². The molecule has 37 heavy (non-hydrogen) atoms. The summed E-state index contributed by atoms with van der Waals surface area (Å²) in [5.41, 5.74) is 2.22. The van der Waals surface area contributed by atoms with Crippen molar-refractivity contribution in [2.24, 2.45) is 4.99 Å². The first kappa shape index (κ1) is 25.8. The SMILES string of the molecule is C=Nc1c(/C=C\C)cccc1S(=O)(=O)Nc1ccc(C(=O)N2CCN(C(=O)c3ccncc3)CC2)cc1. The molecule has 3 aromatic rings. The molecule has 0 bridgehead atoms. The molecule has 190 valence electrons. The number of anilines is 1. The molecule has 1 aliphatic rings. The van der Waals surface area contributed by atoms with Crippen molar-refractivity contribution in [1.29, 1.82) is 0 Å². The second-order valence-corrected chi connectivity index (χ2v) is 10.0. The lowest BCUT2D eigenvalue weighted by molar-refractivity contribution is 0.0535. The predicted molar refractivity (Wildman–Crippen MR) is 144 cm³/mol.